The molecule has 7 N–H and O–H groups in total. The maximum absolute atomic E-state index is 13.3. The highest BCUT2D eigenvalue weighted by atomic mass is 16.4. The maximum Gasteiger partial charge on any atom is 0.230 e. The lowest BCUT2D eigenvalue weighted by Crippen LogP contribution is -2.63. The number of benzene rings is 1. The minimum atomic E-state index is -2.53. The second-order valence-corrected chi connectivity index (χ2v) is 8.41. The van der Waals surface area contributed by atoms with Crippen molar-refractivity contribution in [2.75, 3.05) is 0 Å². The number of amides is 1. The molecule has 0 bridgehead atoms. The van der Waals surface area contributed by atoms with Crippen LogP contribution < -0.4 is 5.73 Å². The lowest BCUT2D eigenvalue weighted by Gasteiger charge is -2.48. The smallest absolute Gasteiger partial charge is 0.230 e. The highest BCUT2D eigenvalue weighted by Crippen LogP contribution is 2.51. The molecule has 10 nitrogen and oxygen atoms in total. The Balaban J connectivity index is 1.91. The van der Waals surface area contributed by atoms with Gasteiger partial charge in [-0.3, -0.25) is 14.4 Å². The largest absolute Gasteiger partial charge is 0.508 e. The van der Waals surface area contributed by atoms with E-state index < -0.39 is 52.7 Å². The van der Waals surface area contributed by atoms with E-state index in [-0.39, 0.29) is 41.9 Å². The summed E-state index contributed by atoms with van der Waals surface area (Å²) in [4.78, 5) is 37.9. The third kappa shape index (κ3) is 2.71. The van der Waals surface area contributed by atoms with Crippen molar-refractivity contribution in [1.82, 2.24) is 0 Å². The Bertz CT molecular complexity index is 1090. The molecule has 0 aliphatic heterocycles. The topological polar surface area (TPSA) is 191 Å². The van der Waals surface area contributed by atoms with Crippen LogP contribution >= 0.6 is 0 Å². The molecule has 1 aromatic carbocycles. The van der Waals surface area contributed by atoms with Crippen molar-refractivity contribution in [2.45, 2.75) is 37.9 Å². The van der Waals surface area contributed by atoms with E-state index in [1.807, 2.05) is 0 Å². The first-order valence-corrected chi connectivity index (χ1v) is 9.80. The molecule has 0 spiro atoms. The summed E-state index contributed by atoms with van der Waals surface area (Å²) >= 11 is 0. The fraction of sp³-hybridized carbons (Fsp3) is 0.429. The van der Waals surface area contributed by atoms with Gasteiger partial charge in [-0.15, -0.1) is 0 Å². The van der Waals surface area contributed by atoms with E-state index in [1.54, 1.807) is 0 Å². The number of aliphatic hydroxyl groups is 3. The molecule has 0 saturated heterocycles. The van der Waals surface area contributed by atoms with Crippen molar-refractivity contribution < 1.29 is 40.0 Å². The van der Waals surface area contributed by atoms with Crippen LogP contribution in [0.3, 0.4) is 0 Å². The molecule has 31 heavy (non-hydrogen) atoms. The van der Waals surface area contributed by atoms with E-state index in [2.05, 4.69) is 5.16 Å². The Kier molecular flexibility index (Phi) is 4.67. The van der Waals surface area contributed by atoms with Gasteiger partial charge in [0.25, 0.3) is 0 Å². The van der Waals surface area contributed by atoms with Gasteiger partial charge in [-0.05, 0) is 49.8 Å². The number of phenols is 1. The van der Waals surface area contributed by atoms with Gasteiger partial charge in [0.15, 0.2) is 17.2 Å². The molecule has 5 atom stereocenters. The number of Topliss-reactive ketones (excluding diaryl/α,β-unsaturated/α-hetero) is 2. The first-order valence-electron chi connectivity index (χ1n) is 9.80. The van der Waals surface area contributed by atoms with Crippen LogP contribution in [0.4, 0.5) is 0 Å². The second-order valence-electron chi connectivity index (χ2n) is 8.41. The third-order valence-electron chi connectivity index (χ3n) is 6.81. The molecule has 2 unspecified atom stereocenters. The zero-order valence-electron chi connectivity index (χ0n) is 16.6. The van der Waals surface area contributed by atoms with E-state index in [4.69, 9.17) is 5.73 Å². The van der Waals surface area contributed by atoms with E-state index >= 15 is 0 Å². The SMILES string of the molecule is C/C(=N/O)c1ccc(O)c2c1C[C@H]1C[C@H]3CC(O)C(C(N)=O)C(=O)[C@@]3(O)C(O)=C1C2=O. The monoisotopic (exact) mass is 430 g/mol. The molecule has 1 amide bonds. The molecule has 10 heteroatoms. The number of ketones is 2. The molecule has 3 aliphatic rings. The third-order valence-corrected chi connectivity index (χ3v) is 6.81. The van der Waals surface area contributed by atoms with Crippen LogP contribution in [0.5, 0.6) is 5.75 Å². The predicted molar refractivity (Wildman–Crippen MR) is 105 cm³/mol. The van der Waals surface area contributed by atoms with Crippen molar-refractivity contribution in [1.29, 1.82) is 0 Å². The molecular formula is C21H22N2O8. The number of aromatic hydroxyl groups is 1. The highest BCUT2D eigenvalue weighted by molar-refractivity contribution is 6.17. The van der Waals surface area contributed by atoms with Gasteiger partial charge in [-0.1, -0.05) is 5.16 Å². The minimum Gasteiger partial charge on any atom is -0.508 e. The fourth-order valence-electron chi connectivity index (χ4n) is 5.32. The number of oxime groups is 1. The number of nitrogens with two attached hydrogens (primary N) is 1. The Morgan fingerprint density at radius 1 is 1.23 bits per heavy atom. The molecule has 0 aromatic heterocycles. The van der Waals surface area contributed by atoms with Gasteiger partial charge in [0.2, 0.25) is 5.91 Å². The number of carbonyl (C=O) groups excluding carboxylic acids is 3. The van der Waals surface area contributed by atoms with Crippen LogP contribution in [0.15, 0.2) is 28.6 Å². The molecule has 3 aliphatic carbocycles. The molecule has 164 valence electrons. The van der Waals surface area contributed by atoms with Gasteiger partial charge in [0.1, 0.15) is 17.4 Å². The summed E-state index contributed by atoms with van der Waals surface area (Å²) in [6.07, 6.45) is -1.36. The summed E-state index contributed by atoms with van der Waals surface area (Å²) < 4.78 is 0. The van der Waals surface area contributed by atoms with Crippen LogP contribution in [-0.2, 0) is 16.0 Å². The number of aliphatic hydroxyl groups excluding tert-OH is 2. The summed E-state index contributed by atoms with van der Waals surface area (Å²) in [7, 11) is 0. The molecule has 1 aromatic rings. The number of phenolic OH excluding ortho intramolecular Hbond substituents is 1. The van der Waals surface area contributed by atoms with E-state index in [0.717, 1.165) is 0 Å². The number of hydrogen-bond acceptors (Lipinski definition) is 9. The fourth-order valence-corrected chi connectivity index (χ4v) is 5.32. The molecule has 0 heterocycles. The second kappa shape index (κ2) is 6.89. The van der Waals surface area contributed by atoms with Gasteiger partial charge in [0.05, 0.1) is 17.4 Å². The molecule has 1 saturated carbocycles. The standard InChI is InChI=1S/C21H22N2O8/c1-7(23-31)10-2-3-12(24)15-11(10)5-8-4-9-6-13(25)16(20(22)29)19(28)21(9,30)18(27)14(8)17(15)26/h2-3,8-9,13,16,24-25,27,30-31H,4-6H2,1H3,(H2,22,29)/b23-7-/t8-,9+,13?,16?,21+/m1/s1. The van der Waals surface area contributed by atoms with Crippen LogP contribution in [-0.4, -0.2) is 60.5 Å². The van der Waals surface area contributed by atoms with Gasteiger partial charge >= 0.3 is 0 Å². The van der Waals surface area contributed by atoms with Crippen molar-refractivity contribution >= 4 is 23.2 Å². The zero-order chi connectivity index (χ0) is 22.8. The minimum absolute atomic E-state index is 0.0692. The van der Waals surface area contributed by atoms with Gasteiger partial charge in [-0.2, -0.15) is 0 Å². The molecule has 0 radical (unpaired) electrons. The number of nitrogens with zero attached hydrogens (tertiary/aromatic N) is 1. The average Bonchev–Trinajstić information content (AvgIpc) is 2.70. The van der Waals surface area contributed by atoms with Crippen LogP contribution in [0, 0.1) is 17.8 Å². The van der Waals surface area contributed by atoms with Crippen molar-refractivity contribution in [3.8, 4) is 5.75 Å². The lowest BCUT2D eigenvalue weighted by atomic mass is 9.57. The summed E-state index contributed by atoms with van der Waals surface area (Å²) in [5.74, 6) is -7.56. The Labute approximate surface area is 176 Å². The first kappa shape index (κ1) is 21.0. The number of carbonyl (C=O) groups is 3. The number of primary amides is 1. The van der Waals surface area contributed by atoms with Crippen LogP contribution in [0.25, 0.3) is 0 Å². The highest BCUT2D eigenvalue weighted by Gasteiger charge is 2.62. The summed E-state index contributed by atoms with van der Waals surface area (Å²) in [6, 6.07) is 2.76. The average molecular weight is 430 g/mol. The zero-order valence-corrected chi connectivity index (χ0v) is 16.6. The lowest BCUT2D eigenvalue weighted by molar-refractivity contribution is -0.167. The van der Waals surface area contributed by atoms with Crippen molar-refractivity contribution in [3.63, 3.8) is 0 Å². The van der Waals surface area contributed by atoms with Crippen molar-refractivity contribution in [2.24, 2.45) is 28.6 Å². The van der Waals surface area contributed by atoms with Gasteiger partial charge in [0, 0.05) is 17.1 Å². The predicted octanol–water partition coefficient (Wildman–Crippen LogP) is -0.0563. The normalized spacial score (nSPS) is 32.9. The van der Waals surface area contributed by atoms with Crippen molar-refractivity contribution in [3.05, 3.63) is 40.2 Å². The number of fused-ring (bicyclic) bond motifs is 3. The Hall–Kier alpha value is -3.24. The van der Waals surface area contributed by atoms with Gasteiger partial charge < -0.3 is 31.4 Å². The quantitative estimate of drug-likeness (QED) is 0.163. The number of hydrogen-bond donors (Lipinski definition) is 6. The molecule has 4 rings (SSSR count). The van der Waals surface area contributed by atoms with E-state index in [9.17, 15) is 40.0 Å². The van der Waals surface area contributed by atoms with E-state index in [1.165, 1.54) is 19.1 Å². The number of rotatable bonds is 2. The summed E-state index contributed by atoms with van der Waals surface area (Å²) in [5, 5.41) is 55.0. The first-order chi connectivity index (χ1) is 14.5. The molecular weight excluding hydrogens is 408 g/mol. The maximum atomic E-state index is 13.3. The number of allylic oxidation sites excluding steroid dienone is 1. The van der Waals surface area contributed by atoms with E-state index in [0.29, 0.717) is 11.1 Å². The van der Waals surface area contributed by atoms with Gasteiger partial charge in [-0.25, -0.2) is 0 Å². The van der Waals surface area contributed by atoms with Crippen LogP contribution in [0.2, 0.25) is 0 Å². The summed E-state index contributed by atoms with van der Waals surface area (Å²) in [5.41, 5.74) is 3.43. The van der Waals surface area contributed by atoms with Crippen LogP contribution in [0.1, 0.15) is 41.3 Å². The Morgan fingerprint density at radius 3 is 2.52 bits per heavy atom. The summed E-state index contributed by atoms with van der Waals surface area (Å²) in [6.45, 7) is 1.53. The Morgan fingerprint density at radius 2 is 1.90 bits per heavy atom. The molecule has 1 fully saturated rings.